The van der Waals surface area contributed by atoms with Crippen LogP contribution in [0.1, 0.15) is 52.4 Å². The molecule has 0 aromatic carbocycles. The van der Waals surface area contributed by atoms with Gasteiger partial charge in [0.1, 0.15) is 12.2 Å². The summed E-state index contributed by atoms with van der Waals surface area (Å²) in [6, 6.07) is 0. The number of carbonyl (C=O) groups excluding carboxylic acids is 2. The van der Waals surface area contributed by atoms with Crippen LogP contribution in [-0.2, 0) is 19.1 Å². The minimum atomic E-state index is -0.368. The smallest absolute Gasteiger partial charge is 0.330 e. The number of hydrogen-bond acceptors (Lipinski definition) is 4. The maximum Gasteiger partial charge on any atom is 0.330 e. The van der Waals surface area contributed by atoms with Crippen molar-refractivity contribution in [1.82, 2.24) is 0 Å². The lowest BCUT2D eigenvalue weighted by Crippen LogP contribution is -2.55. The molecule has 0 aliphatic heterocycles. The van der Waals surface area contributed by atoms with E-state index in [1.807, 2.05) is 13.8 Å². The number of ether oxygens (including phenoxy) is 2. The SMILES string of the molecule is C=CC(=O)OC(C)C12CCC(C1)C1CCCC12C(C)OC(=O)C=C. The average Bonchev–Trinajstić information content (AvgIpc) is 3.25. The van der Waals surface area contributed by atoms with Gasteiger partial charge in [0.05, 0.1) is 0 Å². The van der Waals surface area contributed by atoms with E-state index in [1.165, 1.54) is 25.0 Å². The van der Waals surface area contributed by atoms with Gasteiger partial charge in [-0.05, 0) is 57.8 Å². The quantitative estimate of drug-likeness (QED) is 0.548. The molecule has 0 amide bonds. The first-order valence-corrected chi connectivity index (χ1v) is 9.07. The van der Waals surface area contributed by atoms with E-state index in [0.717, 1.165) is 25.7 Å². The fourth-order valence-corrected chi connectivity index (χ4v) is 6.53. The summed E-state index contributed by atoms with van der Waals surface area (Å²) >= 11 is 0. The minimum Gasteiger partial charge on any atom is -0.459 e. The highest BCUT2D eigenvalue weighted by Gasteiger charge is 2.72. The molecule has 3 saturated carbocycles. The molecule has 0 aromatic rings. The lowest BCUT2D eigenvalue weighted by molar-refractivity contribution is -0.181. The lowest BCUT2D eigenvalue weighted by atomic mass is 9.55. The second-order valence-corrected chi connectivity index (χ2v) is 7.76. The summed E-state index contributed by atoms with van der Waals surface area (Å²) in [5.41, 5.74) is -0.187. The third-order valence-corrected chi connectivity index (χ3v) is 7.27. The molecule has 4 nitrogen and oxygen atoms in total. The van der Waals surface area contributed by atoms with Gasteiger partial charge < -0.3 is 9.47 Å². The molecule has 0 aromatic heterocycles. The van der Waals surface area contributed by atoms with Crippen molar-refractivity contribution in [2.45, 2.75) is 64.6 Å². The van der Waals surface area contributed by atoms with E-state index in [4.69, 9.17) is 9.47 Å². The largest absolute Gasteiger partial charge is 0.459 e. The molecule has 24 heavy (non-hydrogen) atoms. The monoisotopic (exact) mass is 332 g/mol. The molecule has 6 unspecified atom stereocenters. The van der Waals surface area contributed by atoms with Crippen molar-refractivity contribution in [3.8, 4) is 0 Å². The van der Waals surface area contributed by atoms with Gasteiger partial charge in [-0.2, -0.15) is 0 Å². The Hall–Kier alpha value is -1.58. The van der Waals surface area contributed by atoms with Gasteiger partial charge in [0.2, 0.25) is 0 Å². The van der Waals surface area contributed by atoms with Crippen molar-refractivity contribution in [3.63, 3.8) is 0 Å². The predicted molar refractivity (Wildman–Crippen MR) is 91.1 cm³/mol. The Morgan fingerprint density at radius 3 is 2.29 bits per heavy atom. The molecular weight excluding hydrogens is 304 g/mol. The fourth-order valence-electron chi connectivity index (χ4n) is 6.53. The molecule has 3 rings (SSSR count). The van der Waals surface area contributed by atoms with Gasteiger partial charge in [-0.25, -0.2) is 9.59 Å². The van der Waals surface area contributed by atoms with Gasteiger partial charge >= 0.3 is 11.9 Å². The Morgan fingerprint density at radius 2 is 1.67 bits per heavy atom. The molecule has 0 heterocycles. The summed E-state index contributed by atoms with van der Waals surface area (Å²) in [7, 11) is 0. The highest BCUT2D eigenvalue weighted by Crippen LogP contribution is 2.75. The maximum atomic E-state index is 11.8. The molecule has 132 valence electrons. The Labute approximate surface area is 144 Å². The zero-order valence-electron chi connectivity index (χ0n) is 14.8. The molecule has 2 bridgehead atoms. The summed E-state index contributed by atoms with van der Waals surface area (Å²) in [6.45, 7) is 11.1. The van der Waals surface area contributed by atoms with Gasteiger partial charge in [0, 0.05) is 23.0 Å². The molecule has 0 N–H and O–H groups in total. The van der Waals surface area contributed by atoms with Crippen LogP contribution in [0.2, 0.25) is 0 Å². The number of esters is 2. The maximum absolute atomic E-state index is 11.8. The molecular formula is C20H28O4. The second-order valence-electron chi connectivity index (χ2n) is 7.76. The van der Waals surface area contributed by atoms with E-state index in [1.54, 1.807) is 0 Å². The Kier molecular flexibility index (Phi) is 4.35. The van der Waals surface area contributed by atoms with Crippen LogP contribution in [0.3, 0.4) is 0 Å². The zero-order chi connectivity index (χ0) is 17.5. The Balaban J connectivity index is 1.96. The van der Waals surface area contributed by atoms with Crippen molar-refractivity contribution in [1.29, 1.82) is 0 Å². The molecule has 0 radical (unpaired) electrons. The number of carbonyl (C=O) groups is 2. The highest BCUT2D eigenvalue weighted by molar-refractivity contribution is 5.81. The van der Waals surface area contributed by atoms with Crippen molar-refractivity contribution in [3.05, 3.63) is 25.3 Å². The second kappa shape index (κ2) is 6.05. The molecule has 3 aliphatic carbocycles. The lowest BCUT2D eigenvalue weighted by Gasteiger charge is -2.53. The molecule has 0 saturated heterocycles. The normalized spacial score (nSPS) is 38.9. The van der Waals surface area contributed by atoms with Gasteiger partial charge in [0.15, 0.2) is 0 Å². The minimum absolute atomic E-state index is 0.0878. The van der Waals surface area contributed by atoms with E-state index in [0.29, 0.717) is 11.8 Å². The van der Waals surface area contributed by atoms with E-state index in [-0.39, 0.29) is 35.0 Å². The van der Waals surface area contributed by atoms with Crippen LogP contribution in [0, 0.1) is 22.7 Å². The topological polar surface area (TPSA) is 52.6 Å². The summed E-state index contributed by atoms with van der Waals surface area (Å²) < 4.78 is 11.4. The summed E-state index contributed by atoms with van der Waals surface area (Å²) in [5, 5.41) is 0. The van der Waals surface area contributed by atoms with Gasteiger partial charge in [-0.1, -0.05) is 19.6 Å². The van der Waals surface area contributed by atoms with Crippen LogP contribution in [-0.4, -0.2) is 24.1 Å². The van der Waals surface area contributed by atoms with Gasteiger partial charge in [0.25, 0.3) is 0 Å². The number of fused-ring (bicyclic) bond motifs is 5. The first-order valence-electron chi connectivity index (χ1n) is 9.07. The molecule has 4 heteroatoms. The van der Waals surface area contributed by atoms with Crippen LogP contribution in [0.4, 0.5) is 0 Å². The third-order valence-electron chi connectivity index (χ3n) is 7.27. The standard InChI is InChI=1S/C20H28O4/c1-5-17(21)23-13(3)19-11-9-15(12-19)16-8-7-10-20(16,19)14(4)24-18(22)6-2/h5-6,13-16H,1-2,7-12H2,3-4H3. The van der Waals surface area contributed by atoms with Crippen LogP contribution < -0.4 is 0 Å². The predicted octanol–water partition coefficient (Wildman–Crippen LogP) is 3.81. The molecule has 0 spiro atoms. The van der Waals surface area contributed by atoms with Crippen LogP contribution in [0.5, 0.6) is 0 Å². The summed E-state index contributed by atoms with van der Waals surface area (Å²) in [6.07, 6.45) is 8.75. The van der Waals surface area contributed by atoms with E-state index >= 15 is 0 Å². The zero-order valence-corrected chi connectivity index (χ0v) is 14.8. The van der Waals surface area contributed by atoms with Crippen molar-refractivity contribution in [2.24, 2.45) is 22.7 Å². The van der Waals surface area contributed by atoms with Gasteiger partial charge in [-0.15, -0.1) is 0 Å². The third kappa shape index (κ3) is 2.18. The Morgan fingerprint density at radius 1 is 1.04 bits per heavy atom. The van der Waals surface area contributed by atoms with Crippen molar-refractivity contribution in [2.75, 3.05) is 0 Å². The number of hydrogen-bond donors (Lipinski definition) is 0. The van der Waals surface area contributed by atoms with Crippen LogP contribution >= 0.6 is 0 Å². The first-order chi connectivity index (χ1) is 11.4. The van der Waals surface area contributed by atoms with Crippen molar-refractivity contribution < 1.29 is 19.1 Å². The number of rotatable bonds is 6. The summed E-state index contributed by atoms with van der Waals surface area (Å²) in [4.78, 5) is 23.6. The van der Waals surface area contributed by atoms with Gasteiger partial charge in [-0.3, -0.25) is 0 Å². The highest BCUT2D eigenvalue weighted by atomic mass is 16.6. The van der Waals surface area contributed by atoms with E-state index in [9.17, 15) is 9.59 Å². The molecule has 3 fully saturated rings. The molecule has 6 atom stereocenters. The van der Waals surface area contributed by atoms with Crippen LogP contribution in [0.25, 0.3) is 0 Å². The van der Waals surface area contributed by atoms with Crippen LogP contribution in [0.15, 0.2) is 25.3 Å². The fraction of sp³-hybridized carbons (Fsp3) is 0.700. The summed E-state index contributed by atoms with van der Waals surface area (Å²) in [5.74, 6) is 0.481. The van der Waals surface area contributed by atoms with Crippen molar-refractivity contribution >= 4 is 11.9 Å². The first kappa shape index (κ1) is 17.2. The van der Waals surface area contributed by atoms with E-state index in [2.05, 4.69) is 13.2 Å². The Bertz CT molecular complexity index is 568. The van der Waals surface area contributed by atoms with E-state index < -0.39 is 0 Å². The average molecular weight is 332 g/mol. The molecule has 3 aliphatic rings.